The van der Waals surface area contributed by atoms with Crippen molar-refractivity contribution in [2.75, 3.05) is 18.8 Å². The minimum absolute atomic E-state index is 0.462. The molecule has 0 aliphatic rings. The van der Waals surface area contributed by atoms with Gasteiger partial charge in [0.2, 0.25) is 0 Å². The zero-order chi connectivity index (χ0) is 13.1. The molecule has 0 amide bonds. The molecule has 0 aromatic carbocycles. The Morgan fingerprint density at radius 3 is 2.65 bits per heavy atom. The van der Waals surface area contributed by atoms with E-state index in [4.69, 9.17) is 17.3 Å². The number of aliphatic hydroxyl groups is 1. The Hall–Kier alpha value is -0.840. The number of nitrogens with zero attached hydrogens (tertiary/aromatic N) is 2. The lowest BCUT2D eigenvalue weighted by Gasteiger charge is -2.27. The minimum atomic E-state index is -0.733. The summed E-state index contributed by atoms with van der Waals surface area (Å²) in [6, 6.07) is 3.43. The molecule has 0 aliphatic carbocycles. The second-order valence-electron chi connectivity index (χ2n) is 4.78. The summed E-state index contributed by atoms with van der Waals surface area (Å²) in [5.41, 5.74) is 5.65. The van der Waals surface area contributed by atoms with Gasteiger partial charge < -0.3 is 10.8 Å². The van der Waals surface area contributed by atoms with E-state index in [9.17, 15) is 5.11 Å². The number of rotatable bonds is 5. The van der Waals surface area contributed by atoms with Gasteiger partial charge in [-0.1, -0.05) is 18.5 Å². The Balaban J connectivity index is 2.77. The number of anilines is 1. The van der Waals surface area contributed by atoms with E-state index in [1.54, 1.807) is 26.0 Å². The van der Waals surface area contributed by atoms with E-state index < -0.39 is 5.60 Å². The summed E-state index contributed by atoms with van der Waals surface area (Å²) in [4.78, 5) is 6.29. The van der Waals surface area contributed by atoms with Gasteiger partial charge in [0.05, 0.1) is 16.3 Å². The van der Waals surface area contributed by atoms with E-state index in [0.29, 0.717) is 23.9 Å². The fraction of sp³-hybridized carbons (Fsp3) is 0.583. The van der Waals surface area contributed by atoms with Crippen LogP contribution in [0.1, 0.15) is 26.5 Å². The highest BCUT2D eigenvalue weighted by molar-refractivity contribution is 6.31. The van der Waals surface area contributed by atoms with Crippen molar-refractivity contribution in [1.82, 2.24) is 9.88 Å². The first-order valence-corrected chi connectivity index (χ1v) is 6.05. The molecule has 1 aromatic heterocycles. The molecule has 0 bridgehead atoms. The summed E-state index contributed by atoms with van der Waals surface area (Å²) in [5.74, 6) is 0.462. The van der Waals surface area contributed by atoms with E-state index >= 15 is 0 Å². The van der Waals surface area contributed by atoms with Crippen LogP contribution in [-0.2, 0) is 6.54 Å². The summed E-state index contributed by atoms with van der Waals surface area (Å²) in [5, 5.41) is 10.4. The van der Waals surface area contributed by atoms with E-state index in [1.165, 1.54) is 0 Å². The first-order valence-electron chi connectivity index (χ1n) is 5.67. The smallest absolute Gasteiger partial charge is 0.123 e. The van der Waals surface area contributed by atoms with Crippen molar-refractivity contribution in [3.05, 3.63) is 22.8 Å². The van der Waals surface area contributed by atoms with Crippen LogP contribution in [0.15, 0.2) is 12.1 Å². The third-order valence-electron chi connectivity index (χ3n) is 2.37. The summed E-state index contributed by atoms with van der Waals surface area (Å²) in [7, 11) is 0. The van der Waals surface area contributed by atoms with E-state index in [1.807, 2.05) is 6.92 Å². The number of hydrogen-bond donors (Lipinski definition) is 2. The summed E-state index contributed by atoms with van der Waals surface area (Å²) >= 11 is 6.06. The van der Waals surface area contributed by atoms with Gasteiger partial charge in [-0.15, -0.1) is 0 Å². The Kier molecular flexibility index (Phi) is 4.74. The topological polar surface area (TPSA) is 62.4 Å². The molecule has 1 aromatic rings. The fourth-order valence-corrected chi connectivity index (χ4v) is 1.82. The standard InChI is InChI=1S/C12H20ClN3O/c1-4-16(8-12(2,3)17)7-10-9(13)5-6-11(14)15-10/h5-6,17H,4,7-8H2,1-3H3,(H2,14,15). The van der Waals surface area contributed by atoms with Crippen LogP contribution in [-0.4, -0.2) is 33.7 Å². The maximum absolute atomic E-state index is 9.80. The van der Waals surface area contributed by atoms with Crippen molar-refractivity contribution in [2.45, 2.75) is 32.9 Å². The lowest BCUT2D eigenvalue weighted by molar-refractivity contribution is 0.0350. The van der Waals surface area contributed by atoms with Crippen LogP contribution in [0.25, 0.3) is 0 Å². The highest BCUT2D eigenvalue weighted by atomic mass is 35.5. The summed E-state index contributed by atoms with van der Waals surface area (Å²) in [6.07, 6.45) is 0. The zero-order valence-corrected chi connectivity index (χ0v) is 11.3. The van der Waals surface area contributed by atoms with E-state index in [2.05, 4.69) is 9.88 Å². The summed E-state index contributed by atoms with van der Waals surface area (Å²) in [6.45, 7) is 7.57. The van der Waals surface area contributed by atoms with Gasteiger partial charge in [-0.25, -0.2) is 4.98 Å². The van der Waals surface area contributed by atoms with Crippen molar-refractivity contribution in [3.8, 4) is 0 Å². The number of pyridine rings is 1. The quantitative estimate of drug-likeness (QED) is 0.846. The fourth-order valence-electron chi connectivity index (χ4n) is 1.65. The highest BCUT2D eigenvalue weighted by Gasteiger charge is 2.18. The normalized spacial score (nSPS) is 12.1. The molecule has 0 atom stereocenters. The lowest BCUT2D eigenvalue weighted by atomic mass is 10.1. The van der Waals surface area contributed by atoms with Crippen LogP contribution in [0.2, 0.25) is 5.02 Å². The van der Waals surface area contributed by atoms with Crippen LogP contribution >= 0.6 is 11.6 Å². The van der Waals surface area contributed by atoms with E-state index in [0.717, 1.165) is 12.2 Å². The third-order valence-corrected chi connectivity index (χ3v) is 2.72. The molecule has 0 aliphatic heterocycles. The Morgan fingerprint density at radius 2 is 2.12 bits per heavy atom. The average Bonchev–Trinajstić information content (AvgIpc) is 2.20. The number of halogens is 1. The molecular formula is C12H20ClN3O. The monoisotopic (exact) mass is 257 g/mol. The van der Waals surface area contributed by atoms with Crippen molar-refractivity contribution >= 4 is 17.4 Å². The SMILES string of the molecule is CCN(Cc1nc(N)ccc1Cl)CC(C)(C)O. The predicted molar refractivity (Wildman–Crippen MR) is 70.9 cm³/mol. The average molecular weight is 258 g/mol. The molecule has 0 fully saturated rings. The summed E-state index contributed by atoms with van der Waals surface area (Å²) < 4.78 is 0. The lowest BCUT2D eigenvalue weighted by Crippen LogP contribution is -2.38. The number of aromatic nitrogens is 1. The predicted octanol–water partition coefficient (Wildman–Crippen LogP) is 1.91. The van der Waals surface area contributed by atoms with Crippen LogP contribution < -0.4 is 5.73 Å². The highest BCUT2D eigenvalue weighted by Crippen LogP contribution is 2.18. The maximum atomic E-state index is 9.80. The zero-order valence-electron chi connectivity index (χ0n) is 10.6. The molecule has 0 saturated carbocycles. The molecule has 0 spiro atoms. The molecule has 1 heterocycles. The van der Waals surface area contributed by atoms with Crippen LogP contribution in [0.5, 0.6) is 0 Å². The Bertz CT molecular complexity index is 377. The second kappa shape index (κ2) is 5.67. The molecule has 3 N–H and O–H groups in total. The van der Waals surface area contributed by atoms with Crippen LogP contribution in [0.4, 0.5) is 5.82 Å². The molecule has 4 nitrogen and oxygen atoms in total. The van der Waals surface area contributed by atoms with Gasteiger partial charge in [0, 0.05) is 13.1 Å². The molecule has 17 heavy (non-hydrogen) atoms. The number of nitrogen functional groups attached to an aromatic ring is 1. The molecule has 1 rings (SSSR count). The molecule has 0 radical (unpaired) electrons. The van der Waals surface area contributed by atoms with Gasteiger partial charge in [-0.05, 0) is 32.5 Å². The molecule has 5 heteroatoms. The molecular weight excluding hydrogens is 238 g/mol. The van der Waals surface area contributed by atoms with Crippen LogP contribution in [0, 0.1) is 0 Å². The Labute approximate surface area is 107 Å². The first kappa shape index (κ1) is 14.2. The van der Waals surface area contributed by atoms with Gasteiger partial charge >= 0.3 is 0 Å². The number of hydrogen-bond acceptors (Lipinski definition) is 4. The second-order valence-corrected chi connectivity index (χ2v) is 5.19. The van der Waals surface area contributed by atoms with Crippen molar-refractivity contribution in [2.24, 2.45) is 0 Å². The first-order chi connectivity index (χ1) is 7.81. The number of nitrogens with two attached hydrogens (primary N) is 1. The van der Waals surface area contributed by atoms with Crippen molar-refractivity contribution < 1.29 is 5.11 Å². The van der Waals surface area contributed by atoms with Crippen molar-refractivity contribution in [3.63, 3.8) is 0 Å². The molecule has 96 valence electrons. The van der Waals surface area contributed by atoms with Gasteiger partial charge in [0.1, 0.15) is 5.82 Å². The number of likely N-dealkylation sites (N-methyl/N-ethyl adjacent to an activating group) is 1. The van der Waals surface area contributed by atoms with Gasteiger partial charge in [-0.3, -0.25) is 4.90 Å². The molecule has 0 saturated heterocycles. The molecule has 0 unspecified atom stereocenters. The maximum Gasteiger partial charge on any atom is 0.123 e. The van der Waals surface area contributed by atoms with E-state index in [-0.39, 0.29) is 0 Å². The van der Waals surface area contributed by atoms with Crippen molar-refractivity contribution in [1.29, 1.82) is 0 Å². The van der Waals surface area contributed by atoms with Crippen LogP contribution in [0.3, 0.4) is 0 Å². The van der Waals surface area contributed by atoms with Gasteiger partial charge in [0.15, 0.2) is 0 Å². The van der Waals surface area contributed by atoms with Gasteiger partial charge in [0.25, 0.3) is 0 Å². The largest absolute Gasteiger partial charge is 0.389 e. The Morgan fingerprint density at radius 1 is 1.47 bits per heavy atom. The van der Waals surface area contributed by atoms with Gasteiger partial charge in [-0.2, -0.15) is 0 Å². The minimum Gasteiger partial charge on any atom is -0.389 e. The third kappa shape index (κ3) is 4.89.